The molecule has 0 spiro atoms. The highest BCUT2D eigenvalue weighted by atomic mass is 16.2. The van der Waals surface area contributed by atoms with Crippen molar-refractivity contribution in [3.05, 3.63) is 36.2 Å². The fourth-order valence-electron chi connectivity index (χ4n) is 2.70. The second-order valence-electron chi connectivity index (χ2n) is 5.74. The summed E-state index contributed by atoms with van der Waals surface area (Å²) in [5, 5.41) is 12.3. The maximum Gasteiger partial charge on any atom is 0.232 e. The Morgan fingerprint density at radius 3 is 2.52 bits per heavy atom. The molecule has 6 nitrogen and oxygen atoms in total. The van der Waals surface area contributed by atoms with Crippen LogP contribution in [-0.2, 0) is 6.42 Å². The largest absolute Gasteiger partial charge is 0.396 e. The summed E-state index contributed by atoms with van der Waals surface area (Å²) in [6, 6.07) is 9.89. The zero-order valence-electron chi connectivity index (χ0n) is 13.3. The number of aromatic nitrogens is 3. The predicted octanol–water partition coefficient (Wildman–Crippen LogP) is 2.53. The number of aliphatic hydroxyl groups is 1. The van der Waals surface area contributed by atoms with Crippen molar-refractivity contribution >= 4 is 17.6 Å². The fraction of sp³-hybridized carbons (Fsp3) is 0.471. The van der Waals surface area contributed by atoms with Gasteiger partial charge < -0.3 is 15.3 Å². The van der Waals surface area contributed by atoms with E-state index in [2.05, 4.69) is 25.2 Å². The molecule has 0 radical (unpaired) electrons. The van der Waals surface area contributed by atoms with Crippen LogP contribution in [0.1, 0.15) is 31.5 Å². The van der Waals surface area contributed by atoms with Crippen molar-refractivity contribution in [2.45, 2.75) is 32.1 Å². The van der Waals surface area contributed by atoms with Gasteiger partial charge in [0.1, 0.15) is 5.82 Å². The van der Waals surface area contributed by atoms with Gasteiger partial charge in [-0.25, -0.2) is 0 Å². The molecule has 1 saturated heterocycles. The molecule has 1 aromatic heterocycles. The lowest BCUT2D eigenvalue weighted by atomic mass is 10.1. The minimum atomic E-state index is 0.145. The maximum atomic E-state index is 9.05. The number of anilines is 3. The lowest BCUT2D eigenvalue weighted by molar-refractivity contribution is 0.287. The molecule has 0 aliphatic carbocycles. The van der Waals surface area contributed by atoms with Crippen LogP contribution < -0.4 is 10.2 Å². The number of rotatable bonds is 6. The topological polar surface area (TPSA) is 74.2 Å². The Balaban J connectivity index is 1.84. The van der Waals surface area contributed by atoms with Crippen molar-refractivity contribution in [3.63, 3.8) is 0 Å². The minimum Gasteiger partial charge on any atom is -0.396 e. The number of aryl methyl sites for hydroxylation is 1. The molecular formula is C17H23N5O. The van der Waals surface area contributed by atoms with Crippen LogP contribution in [0.3, 0.4) is 0 Å². The summed E-state index contributed by atoms with van der Waals surface area (Å²) in [7, 11) is 0. The average Bonchev–Trinajstić information content (AvgIpc) is 2.61. The number of hydrogen-bond acceptors (Lipinski definition) is 6. The van der Waals surface area contributed by atoms with Gasteiger partial charge in [-0.1, -0.05) is 18.2 Å². The Morgan fingerprint density at radius 2 is 1.78 bits per heavy atom. The van der Waals surface area contributed by atoms with Crippen LogP contribution in [-0.4, -0.2) is 39.8 Å². The Morgan fingerprint density at radius 1 is 1.00 bits per heavy atom. The third-order valence-electron chi connectivity index (χ3n) is 3.90. The smallest absolute Gasteiger partial charge is 0.232 e. The third-order valence-corrected chi connectivity index (χ3v) is 3.90. The van der Waals surface area contributed by atoms with E-state index in [-0.39, 0.29) is 6.61 Å². The average molecular weight is 313 g/mol. The summed E-state index contributed by atoms with van der Waals surface area (Å²) < 4.78 is 0. The molecule has 1 aliphatic heterocycles. The minimum absolute atomic E-state index is 0.145. The van der Waals surface area contributed by atoms with Crippen LogP contribution >= 0.6 is 0 Å². The van der Waals surface area contributed by atoms with E-state index in [4.69, 9.17) is 5.11 Å². The SMILES string of the molecule is OCCCc1nc(Nc2ccccc2)nc(N2CCCCC2)n1. The van der Waals surface area contributed by atoms with Crippen LogP contribution in [0.4, 0.5) is 17.6 Å². The predicted molar refractivity (Wildman–Crippen MR) is 91.0 cm³/mol. The molecule has 1 fully saturated rings. The molecule has 0 atom stereocenters. The molecular weight excluding hydrogens is 290 g/mol. The molecule has 1 aliphatic rings. The van der Waals surface area contributed by atoms with E-state index in [0.29, 0.717) is 18.8 Å². The second-order valence-corrected chi connectivity index (χ2v) is 5.74. The van der Waals surface area contributed by atoms with E-state index in [1.807, 2.05) is 30.3 Å². The molecule has 2 heterocycles. The van der Waals surface area contributed by atoms with Gasteiger partial charge in [-0.2, -0.15) is 15.0 Å². The Labute approximate surface area is 136 Å². The molecule has 1 aromatic carbocycles. The van der Waals surface area contributed by atoms with Crippen LogP contribution in [0, 0.1) is 0 Å². The summed E-state index contributed by atoms with van der Waals surface area (Å²) in [5.74, 6) is 2.04. The van der Waals surface area contributed by atoms with E-state index >= 15 is 0 Å². The van der Waals surface area contributed by atoms with Gasteiger partial charge in [-0.05, 0) is 37.8 Å². The number of nitrogens with one attached hydrogen (secondary N) is 1. The highest BCUT2D eigenvalue weighted by Crippen LogP contribution is 2.19. The van der Waals surface area contributed by atoms with Crippen molar-refractivity contribution < 1.29 is 5.11 Å². The Kier molecular flexibility index (Phi) is 5.37. The first-order valence-electron chi connectivity index (χ1n) is 8.28. The van der Waals surface area contributed by atoms with Gasteiger partial charge in [-0.3, -0.25) is 0 Å². The van der Waals surface area contributed by atoms with Crippen LogP contribution in [0.5, 0.6) is 0 Å². The van der Waals surface area contributed by atoms with Gasteiger partial charge in [0.2, 0.25) is 11.9 Å². The van der Waals surface area contributed by atoms with Gasteiger partial charge in [0, 0.05) is 31.8 Å². The zero-order chi connectivity index (χ0) is 15.9. The third kappa shape index (κ3) is 4.39. The van der Waals surface area contributed by atoms with E-state index in [0.717, 1.165) is 30.5 Å². The number of para-hydroxylation sites is 1. The normalized spacial score (nSPS) is 14.7. The molecule has 23 heavy (non-hydrogen) atoms. The van der Waals surface area contributed by atoms with Crippen molar-refractivity contribution in [2.24, 2.45) is 0 Å². The van der Waals surface area contributed by atoms with Crippen molar-refractivity contribution in [1.82, 2.24) is 15.0 Å². The molecule has 0 unspecified atom stereocenters. The molecule has 6 heteroatoms. The highest BCUT2D eigenvalue weighted by molar-refractivity contribution is 5.53. The van der Waals surface area contributed by atoms with Gasteiger partial charge in [0.25, 0.3) is 0 Å². The summed E-state index contributed by atoms with van der Waals surface area (Å²) >= 11 is 0. The molecule has 2 N–H and O–H groups in total. The number of benzene rings is 1. The number of piperidine rings is 1. The van der Waals surface area contributed by atoms with Crippen molar-refractivity contribution in [3.8, 4) is 0 Å². The van der Waals surface area contributed by atoms with Crippen LogP contribution in [0.25, 0.3) is 0 Å². The van der Waals surface area contributed by atoms with E-state index in [9.17, 15) is 0 Å². The molecule has 0 saturated carbocycles. The monoisotopic (exact) mass is 313 g/mol. The van der Waals surface area contributed by atoms with E-state index in [1.165, 1.54) is 19.3 Å². The second kappa shape index (κ2) is 7.87. The summed E-state index contributed by atoms with van der Waals surface area (Å²) in [6.45, 7) is 2.13. The van der Waals surface area contributed by atoms with Crippen molar-refractivity contribution in [2.75, 3.05) is 29.9 Å². The van der Waals surface area contributed by atoms with Crippen LogP contribution in [0.2, 0.25) is 0 Å². The van der Waals surface area contributed by atoms with Gasteiger partial charge >= 0.3 is 0 Å². The zero-order valence-corrected chi connectivity index (χ0v) is 13.3. The quantitative estimate of drug-likeness (QED) is 0.853. The maximum absolute atomic E-state index is 9.05. The number of aliphatic hydroxyl groups excluding tert-OH is 1. The molecule has 122 valence electrons. The van der Waals surface area contributed by atoms with E-state index in [1.54, 1.807) is 0 Å². The van der Waals surface area contributed by atoms with Gasteiger partial charge in [-0.15, -0.1) is 0 Å². The Bertz CT molecular complexity index is 614. The van der Waals surface area contributed by atoms with Gasteiger partial charge in [0.15, 0.2) is 0 Å². The van der Waals surface area contributed by atoms with Crippen molar-refractivity contribution in [1.29, 1.82) is 0 Å². The summed E-state index contributed by atoms with van der Waals surface area (Å²) in [6.07, 6.45) is 4.95. The molecule has 2 aromatic rings. The summed E-state index contributed by atoms with van der Waals surface area (Å²) in [5.41, 5.74) is 0.955. The first-order valence-corrected chi connectivity index (χ1v) is 8.28. The molecule has 0 amide bonds. The first-order chi connectivity index (χ1) is 11.3. The first kappa shape index (κ1) is 15.7. The van der Waals surface area contributed by atoms with Crippen LogP contribution in [0.15, 0.2) is 30.3 Å². The lowest BCUT2D eigenvalue weighted by Gasteiger charge is -2.27. The highest BCUT2D eigenvalue weighted by Gasteiger charge is 2.16. The number of nitrogens with zero attached hydrogens (tertiary/aromatic N) is 4. The van der Waals surface area contributed by atoms with E-state index < -0.39 is 0 Å². The standard InChI is InChI=1S/C17H23N5O/c23-13-7-10-15-19-16(18-14-8-3-1-4-9-14)21-17(20-15)22-11-5-2-6-12-22/h1,3-4,8-9,23H,2,5-7,10-13H2,(H,18,19,20,21). The molecule has 0 bridgehead atoms. The lowest BCUT2D eigenvalue weighted by Crippen LogP contribution is -2.31. The number of hydrogen-bond donors (Lipinski definition) is 2. The molecule has 3 rings (SSSR count). The Hall–Kier alpha value is -2.21. The summed E-state index contributed by atoms with van der Waals surface area (Å²) in [4.78, 5) is 15.9. The fourth-order valence-corrected chi connectivity index (χ4v) is 2.70. The van der Waals surface area contributed by atoms with Gasteiger partial charge in [0.05, 0.1) is 0 Å².